The molecule has 1 aliphatic heterocycles. The van der Waals surface area contributed by atoms with Gasteiger partial charge in [-0.25, -0.2) is 5.43 Å². The Morgan fingerprint density at radius 2 is 1.83 bits per heavy atom. The molecule has 0 aromatic rings. The van der Waals surface area contributed by atoms with E-state index in [1.165, 1.54) is 12.1 Å². The topological polar surface area (TPSA) is 129 Å². The standard InChI is InChI=1S/C19H36N4O6/c1-11(2)14(21-18(27)29-19(4,5)6)15(24)20-12(3)16(25)23-10-8-9-13(22-23)17(26)28-7/h11-14,18,21-22,27H,8-10H2,1-7H3,(H,20,24). The van der Waals surface area contributed by atoms with E-state index in [1.807, 2.05) is 13.8 Å². The van der Waals surface area contributed by atoms with E-state index >= 15 is 0 Å². The van der Waals surface area contributed by atoms with Crippen molar-refractivity contribution in [3.8, 4) is 0 Å². The molecule has 0 aliphatic carbocycles. The van der Waals surface area contributed by atoms with E-state index in [1.54, 1.807) is 27.7 Å². The zero-order valence-corrected chi connectivity index (χ0v) is 18.4. The van der Waals surface area contributed by atoms with E-state index in [0.717, 1.165) is 0 Å². The lowest BCUT2D eigenvalue weighted by atomic mass is 10.0. The van der Waals surface area contributed by atoms with Gasteiger partial charge in [0.05, 0.1) is 18.8 Å². The molecule has 0 radical (unpaired) electrons. The molecule has 168 valence electrons. The normalized spacial score (nSPS) is 20.7. The van der Waals surface area contributed by atoms with Crippen LogP contribution in [0.25, 0.3) is 0 Å². The minimum atomic E-state index is -1.33. The van der Waals surface area contributed by atoms with Crippen LogP contribution in [0.1, 0.15) is 54.4 Å². The number of rotatable bonds is 8. The number of aliphatic hydroxyl groups is 1. The number of nitrogens with one attached hydrogen (secondary N) is 3. The quantitative estimate of drug-likeness (QED) is 0.318. The van der Waals surface area contributed by atoms with E-state index in [0.29, 0.717) is 19.4 Å². The van der Waals surface area contributed by atoms with Crippen LogP contribution < -0.4 is 16.1 Å². The van der Waals surface area contributed by atoms with Crippen molar-refractivity contribution >= 4 is 17.8 Å². The number of carbonyl (C=O) groups excluding carboxylic acids is 3. The molecule has 1 fully saturated rings. The van der Waals surface area contributed by atoms with Crippen molar-refractivity contribution in [2.75, 3.05) is 13.7 Å². The van der Waals surface area contributed by atoms with Crippen molar-refractivity contribution in [2.24, 2.45) is 5.92 Å². The molecule has 4 atom stereocenters. The van der Waals surface area contributed by atoms with Crippen LogP contribution in [0.2, 0.25) is 0 Å². The van der Waals surface area contributed by atoms with E-state index < -0.39 is 42.0 Å². The number of aliphatic hydroxyl groups excluding tert-OH is 1. The second kappa shape index (κ2) is 10.9. The summed E-state index contributed by atoms with van der Waals surface area (Å²) in [6.07, 6.45) is -0.114. The molecule has 29 heavy (non-hydrogen) atoms. The predicted molar refractivity (Wildman–Crippen MR) is 106 cm³/mol. The number of methoxy groups -OCH3 is 1. The van der Waals surface area contributed by atoms with E-state index in [9.17, 15) is 19.5 Å². The van der Waals surface area contributed by atoms with Gasteiger partial charge < -0.3 is 19.9 Å². The summed E-state index contributed by atoms with van der Waals surface area (Å²) < 4.78 is 10.1. The van der Waals surface area contributed by atoms with E-state index in [2.05, 4.69) is 16.1 Å². The summed E-state index contributed by atoms with van der Waals surface area (Å²) in [6.45, 7) is 11.0. The first-order chi connectivity index (χ1) is 13.4. The highest BCUT2D eigenvalue weighted by Gasteiger charge is 2.33. The minimum Gasteiger partial charge on any atom is -0.468 e. The Hall–Kier alpha value is -1.75. The van der Waals surface area contributed by atoms with Gasteiger partial charge in [-0.1, -0.05) is 13.8 Å². The van der Waals surface area contributed by atoms with Crippen molar-refractivity contribution < 1.29 is 29.0 Å². The van der Waals surface area contributed by atoms with Crippen LogP contribution in [0.4, 0.5) is 0 Å². The highest BCUT2D eigenvalue weighted by Crippen LogP contribution is 2.12. The Bertz CT molecular complexity index is 578. The summed E-state index contributed by atoms with van der Waals surface area (Å²) >= 11 is 0. The van der Waals surface area contributed by atoms with Crippen LogP contribution >= 0.6 is 0 Å². The number of esters is 1. The predicted octanol–water partition coefficient (Wildman–Crippen LogP) is -0.135. The van der Waals surface area contributed by atoms with E-state index in [4.69, 9.17) is 9.47 Å². The lowest BCUT2D eigenvalue weighted by Crippen LogP contribution is -2.61. The molecular formula is C19H36N4O6. The number of amides is 2. The van der Waals surface area contributed by atoms with Gasteiger partial charge >= 0.3 is 5.97 Å². The summed E-state index contributed by atoms with van der Waals surface area (Å²) in [5.74, 6) is -1.39. The van der Waals surface area contributed by atoms with Crippen LogP contribution in [0.15, 0.2) is 0 Å². The molecule has 1 aliphatic rings. The van der Waals surface area contributed by atoms with Crippen LogP contribution in [0.3, 0.4) is 0 Å². The highest BCUT2D eigenvalue weighted by molar-refractivity contribution is 5.89. The molecular weight excluding hydrogens is 380 g/mol. The molecule has 1 rings (SSSR count). The van der Waals surface area contributed by atoms with Crippen LogP contribution in [-0.2, 0) is 23.9 Å². The zero-order valence-electron chi connectivity index (χ0n) is 18.4. The number of ether oxygens (including phenoxy) is 2. The first kappa shape index (κ1) is 25.3. The van der Waals surface area contributed by atoms with Gasteiger partial charge in [0, 0.05) is 6.54 Å². The molecule has 2 amide bonds. The number of hydrogen-bond donors (Lipinski definition) is 4. The summed E-state index contributed by atoms with van der Waals surface area (Å²) in [4.78, 5) is 37.1. The molecule has 0 spiro atoms. The summed E-state index contributed by atoms with van der Waals surface area (Å²) in [6, 6.07) is -2.18. The second-order valence-corrected chi connectivity index (χ2v) is 8.54. The Balaban J connectivity index is 2.69. The molecule has 4 N–H and O–H groups in total. The highest BCUT2D eigenvalue weighted by atomic mass is 16.6. The Kier molecular flexibility index (Phi) is 9.47. The average Bonchev–Trinajstić information content (AvgIpc) is 2.63. The maximum absolute atomic E-state index is 12.7. The van der Waals surface area contributed by atoms with Gasteiger partial charge in [-0.3, -0.25) is 24.7 Å². The van der Waals surface area contributed by atoms with Crippen LogP contribution in [0, 0.1) is 5.92 Å². The SMILES string of the molecule is COC(=O)C1CCCN(C(=O)C(C)NC(=O)C(NC(O)OC(C)(C)C)C(C)C)N1. The van der Waals surface area contributed by atoms with Crippen molar-refractivity contribution in [3.63, 3.8) is 0 Å². The first-order valence-corrected chi connectivity index (χ1v) is 9.93. The minimum absolute atomic E-state index is 0.160. The monoisotopic (exact) mass is 416 g/mol. The Morgan fingerprint density at radius 1 is 1.21 bits per heavy atom. The van der Waals surface area contributed by atoms with Gasteiger partial charge in [-0.2, -0.15) is 0 Å². The molecule has 1 heterocycles. The molecule has 0 aromatic carbocycles. The fraction of sp³-hybridized carbons (Fsp3) is 0.842. The fourth-order valence-corrected chi connectivity index (χ4v) is 2.95. The number of nitrogens with zero attached hydrogens (tertiary/aromatic N) is 1. The van der Waals surface area contributed by atoms with Crippen LogP contribution in [0.5, 0.6) is 0 Å². The van der Waals surface area contributed by atoms with Crippen LogP contribution in [-0.4, -0.2) is 71.7 Å². The maximum atomic E-state index is 12.7. The van der Waals surface area contributed by atoms with Crippen molar-refractivity contribution in [2.45, 2.75) is 84.5 Å². The lowest BCUT2D eigenvalue weighted by Gasteiger charge is -2.34. The van der Waals surface area contributed by atoms with Gasteiger partial charge in [0.2, 0.25) is 12.3 Å². The van der Waals surface area contributed by atoms with Crippen molar-refractivity contribution in [1.29, 1.82) is 0 Å². The number of hydrazine groups is 1. The summed E-state index contributed by atoms with van der Waals surface area (Å²) in [7, 11) is 1.30. The smallest absolute Gasteiger partial charge is 0.324 e. The Labute approximate surface area is 172 Å². The third-order valence-corrected chi connectivity index (χ3v) is 4.40. The van der Waals surface area contributed by atoms with Gasteiger partial charge in [-0.05, 0) is 46.5 Å². The maximum Gasteiger partial charge on any atom is 0.324 e. The molecule has 10 nitrogen and oxygen atoms in total. The molecule has 0 bridgehead atoms. The molecule has 0 aromatic heterocycles. The number of carbonyl (C=O) groups is 3. The zero-order chi connectivity index (χ0) is 22.4. The van der Waals surface area contributed by atoms with Crippen molar-refractivity contribution in [1.82, 2.24) is 21.1 Å². The first-order valence-electron chi connectivity index (χ1n) is 9.93. The van der Waals surface area contributed by atoms with Crippen molar-refractivity contribution in [3.05, 3.63) is 0 Å². The van der Waals surface area contributed by atoms with E-state index in [-0.39, 0.29) is 11.8 Å². The fourth-order valence-electron chi connectivity index (χ4n) is 2.95. The number of hydrogen-bond acceptors (Lipinski definition) is 8. The third kappa shape index (κ3) is 8.25. The second-order valence-electron chi connectivity index (χ2n) is 8.54. The molecule has 0 saturated carbocycles. The third-order valence-electron chi connectivity index (χ3n) is 4.40. The van der Waals surface area contributed by atoms with Gasteiger partial charge in [0.25, 0.3) is 5.91 Å². The summed E-state index contributed by atoms with van der Waals surface area (Å²) in [5, 5.41) is 16.8. The molecule has 1 saturated heterocycles. The lowest BCUT2D eigenvalue weighted by molar-refractivity contribution is -0.188. The van der Waals surface area contributed by atoms with Gasteiger partial charge in [-0.15, -0.1) is 0 Å². The largest absolute Gasteiger partial charge is 0.468 e. The van der Waals surface area contributed by atoms with Gasteiger partial charge in [0.15, 0.2) is 0 Å². The summed E-state index contributed by atoms with van der Waals surface area (Å²) in [5.41, 5.74) is 2.26. The average molecular weight is 417 g/mol. The molecule has 10 heteroatoms. The van der Waals surface area contributed by atoms with Gasteiger partial charge in [0.1, 0.15) is 12.1 Å². The Morgan fingerprint density at radius 3 is 2.34 bits per heavy atom. The molecule has 4 unspecified atom stereocenters.